The Hall–Kier alpha value is 0.310. The molecule has 68 valence electrons. The summed E-state index contributed by atoms with van der Waals surface area (Å²) < 4.78 is 0. The van der Waals surface area contributed by atoms with Gasteiger partial charge in [0, 0.05) is 11.9 Å². The summed E-state index contributed by atoms with van der Waals surface area (Å²) in [7, 11) is 0. The minimum Gasteiger partial charge on any atom is -0.396 e. The first-order valence-corrected chi connectivity index (χ1v) is 5.48. The van der Waals surface area contributed by atoms with Crippen LogP contribution in [0, 0.1) is 5.92 Å². The molecule has 0 aromatic heterocycles. The molecule has 0 aliphatic carbocycles. The topological polar surface area (TPSA) is 20.2 Å². The van der Waals surface area contributed by atoms with Crippen molar-refractivity contribution in [1.82, 2.24) is 0 Å². The smallest absolute Gasteiger partial charge is 0.0464 e. The van der Waals surface area contributed by atoms with E-state index in [9.17, 15) is 0 Å². The van der Waals surface area contributed by atoms with Crippen molar-refractivity contribution in [3.63, 3.8) is 0 Å². The second kappa shape index (κ2) is 6.99. The molecular weight excluding hydrogens is 156 g/mol. The van der Waals surface area contributed by atoms with E-state index in [1.165, 1.54) is 12.8 Å². The third-order valence-electron chi connectivity index (χ3n) is 1.67. The zero-order chi connectivity index (χ0) is 8.69. The average Bonchev–Trinajstić information content (AvgIpc) is 2.01. The molecule has 0 radical (unpaired) electrons. The van der Waals surface area contributed by atoms with Gasteiger partial charge in [-0.3, -0.25) is 0 Å². The van der Waals surface area contributed by atoms with Gasteiger partial charge in [0.1, 0.15) is 0 Å². The van der Waals surface area contributed by atoms with E-state index in [1.807, 2.05) is 11.8 Å². The standard InChI is InChI=1S/C9H20OS/c1-4-5-9(3)11-7-8(2)6-10/h8-10H,4-7H2,1-3H3. The van der Waals surface area contributed by atoms with Crippen molar-refractivity contribution < 1.29 is 5.11 Å². The van der Waals surface area contributed by atoms with Crippen LogP contribution >= 0.6 is 11.8 Å². The van der Waals surface area contributed by atoms with E-state index < -0.39 is 0 Å². The van der Waals surface area contributed by atoms with Crippen LogP contribution in [-0.2, 0) is 0 Å². The van der Waals surface area contributed by atoms with Crippen LogP contribution in [0.4, 0.5) is 0 Å². The molecule has 0 aromatic carbocycles. The highest BCUT2D eigenvalue weighted by Crippen LogP contribution is 2.18. The van der Waals surface area contributed by atoms with Gasteiger partial charge in [-0.05, 0) is 18.1 Å². The lowest BCUT2D eigenvalue weighted by molar-refractivity contribution is 0.250. The quantitative estimate of drug-likeness (QED) is 0.671. The minimum atomic E-state index is 0.325. The second-order valence-electron chi connectivity index (χ2n) is 3.22. The molecule has 0 aliphatic heterocycles. The van der Waals surface area contributed by atoms with Gasteiger partial charge in [-0.25, -0.2) is 0 Å². The van der Waals surface area contributed by atoms with E-state index in [1.54, 1.807) is 0 Å². The van der Waals surface area contributed by atoms with Gasteiger partial charge in [0.15, 0.2) is 0 Å². The molecular formula is C9H20OS. The summed E-state index contributed by atoms with van der Waals surface area (Å²) in [4.78, 5) is 0. The zero-order valence-electron chi connectivity index (χ0n) is 7.84. The van der Waals surface area contributed by atoms with Gasteiger partial charge in [-0.1, -0.05) is 27.2 Å². The van der Waals surface area contributed by atoms with Crippen LogP contribution in [0.5, 0.6) is 0 Å². The van der Waals surface area contributed by atoms with Gasteiger partial charge >= 0.3 is 0 Å². The van der Waals surface area contributed by atoms with Crippen LogP contribution in [0.25, 0.3) is 0 Å². The summed E-state index contributed by atoms with van der Waals surface area (Å²) in [5.41, 5.74) is 0. The van der Waals surface area contributed by atoms with Crippen molar-refractivity contribution in [3.05, 3.63) is 0 Å². The maximum atomic E-state index is 8.76. The number of hydrogen-bond donors (Lipinski definition) is 1. The van der Waals surface area contributed by atoms with Gasteiger partial charge < -0.3 is 5.11 Å². The van der Waals surface area contributed by atoms with Crippen molar-refractivity contribution in [3.8, 4) is 0 Å². The molecule has 0 aliphatic rings. The van der Waals surface area contributed by atoms with Gasteiger partial charge in [0.2, 0.25) is 0 Å². The molecule has 0 heterocycles. The molecule has 0 saturated heterocycles. The van der Waals surface area contributed by atoms with Gasteiger partial charge in [-0.2, -0.15) is 11.8 Å². The fourth-order valence-electron chi connectivity index (χ4n) is 0.871. The van der Waals surface area contributed by atoms with E-state index in [4.69, 9.17) is 5.11 Å². The normalized spacial score (nSPS) is 16.4. The fraction of sp³-hybridized carbons (Fsp3) is 1.00. The van der Waals surface area contributed by atoms with Gasteiger partial charge in [0.05, 0.1) is 0 Å². The van der Waals surface area contributed by atoms with Gasteiger partial charge in [-0.15, -0.1) is 0 Å². The Balaban J connectivity index is 3.22. The van der Waals surface area contributed by atoms with E-state index >= 15 is 0 Å². The largest absolute Gasteiger partial charge is 0.396 e. The summed E-state index contributed by atoms with van der Waals surface area (Å²) in [6.45, 7) is 6.89. The molecule has 2 unspecified atom stereocenters. The number of aliphatic hydroxyl groups is 1. The Labute approximate surface area is 74.6 Å². The lowest BCUT2D eigenvalue weighted by atomic mass is 10.2. The second-order valence-corrected chi connectivity index (χ2v) is 4.69. The first-order valence-electron chi connectivity index (χ1n) is 4.43. The third kappa shape index (κ3) is 6.70. The Bertz CT molecular complexity index is 85.6. The highest BCUT2D eigenvalue weighted by molar-refractivity contribution is 7.99. The number of rotatable bonds is 6. The van der Waals surface area contributed by atoms with Crippen molar-refractivity contribution in [2.45, 2.75) is 38.9 Å². The highest BCUT2D eigenvalue weighted by Gasteiger charge is 2.04. The van der Waals surface area contributed by atoms with Crippen molar-refractivity contribution in [1.29, 1.82) is 0 Å². The predicted molar refractivity (Wildman–Crippen MR) is 53.1 cm³/mol. The van der Waals surface area contributed by atoms with Crippen LogP contribution in [0.1, 0.15) is 33.6 Å². The first-order chi connectivity index (χ1) is 5.20. The van der Waals surface area contributed by atoms with Crippen LogP contribution in [0.3, 0.4) is 0 Å². The molecule has 0 rings (SSSR count). The zero-order valence-corrected chi connectivity index (χ0v) is 8.66. The Kier molecular flexibility index (Phi) is 7.18. The average molecular weight is 176 g/mol. The van der Waals surface area contributed by atoms with Crippen LogP contribution in [-0.4, -0.2) is 22.7 Å². The Morgan fingerprint density at radius 3 is 2.45 bits per heavy atom. The van der Waals surface area contributed by atoms with Crippen molar-refractivity contribution in [2.75, 3.05) is 12.4 Å². The lowest BCUT2D eigenvalue weighted by Gasteiger charge is -2.12. The van der Waals surface area contributed by atoms with Crippen LogP contribution < -0.4 is 0 Å². The van der Waals surface area contributed by atoms with Crippen molar-refractivity contribution in [2.24, 2.45) is 5.92 Å². The summed E-state index contributed by atoms with van der Waals surface area (Å²) >= 11 is 1.97. The molecule has 2 heteroatoms. The Morgan fingerprint density at radius 2 is 2.00 bits per heavy atom. The van der Waals surface area contributed by atoms with Crippen LogP contribution in [0.2, 0.25) is 0 Å². The van der Waals surface area contributed by atoms with E-state index in [0.717, 1.165) is 11.0 Å². The molecule has 0 amide bonds. The molecule has 0 aromatic rings. The maximum absolute atomic E-state index is 8.76. The highest BCUT2D eigenvalue weighted by atomic mass is 32.2. The van der Waals surface area contributed by atoms with E-state index in [2.05, 4.69) is 20.8 Å². The fourth-order valence-corrected chi connectivity index (χ4v) is 2.04. The van der Waals surface area contributed by atoms with Crippen molar-refractivity contribution >= 4 is 11.8 Å². The van der Waals surface area contributed by atoms with E-state index in [0.29, 0.717) is 12.5 Å². The molecule has 1 N–H and O–H groups in total. The monoisotopic (exact) mass is 176 g/mol. The first kappa shape index (κ1) is 11.3. The third-order valence-corrected chi connectivity index (χ3v) is 3.24. The molecule has 0 bridgehead atoms. The minimum absolute atomic E-state index is 0.325. The molecule has 2 atom stereocenters. The SMILES string of the molecule is CCCC(C)SCC(C)CO. The molecule has 11 heavy (non-hydrogen) atoms. The summed E-state index contributed by atoms with van der Waals surface area (Å²) in [6, 6.07) is 0. The number of hydrogen-bond acceptors (Lipinski definition) is 2. The maximum Gasteiger partial charge on any atom is 0.0464 e. The molecule has 0 spiro atoms. The van der Waals surface area contributed by atoms with Gasteiger partial charge in [0.25, 0.3) is 0 Å². The summed E-state index contributed by atoms with van der Waals surface area (Å²) in [6.07, 6.45) is 2.56. The summed E-state index contributed by atoms with van der Waals surface area (Å²) in [5, 5.41) is 9.52. The van der Waals surface area contributed by atoms with Crippen LogP contribution in [0.15, 0.2) is 0 Å². The number of thioether (sulfide) groups is 1. The molecule has 1 nitrogen and oxygen atoms in total. The Morgan fingerprint density at radius 1 is 1.36 bits per heavy atom. The predicted octanol–water partition coefficient (Wildman–Crippen LogP) is 2.54. The summed E-state index contributed by atoms with van der Waals surface area (Å²) in [5.74, 6) is 1.55. The number of aliphatic hydroxyl groups excluding tert-OH is 1. The van der Waals surface area contributed by atoms with E-state index in [-0.39, 0.29) is 0 Å². The molecule has 0 fully saturated rings. The lowest BCUT2D eigenvalue weighted by Crippen LogP contribution is -2.07. The molecule has 0 saturated carbocycles.